The molecule has 0 atom stereocenters. The summed E-state index contributed by atoms with van der Waals surface area (Å²) in [6, 6.07) is 32.3. The number of thiophene rings is 2. The molecule has 7 heteroatoms. The van der Waals surface area contributed by atoms with E-state index in [1.807, 2.05) is 22.7 Å². The van der Waals surface area contributed by atoms with E-state index in [2.05, 4.69) is 171 Å². The molecule has 0 fully saturated rings. The molecule has 7 rings (SSSR count). The second kappa shape index (κ2) is 12.3. The van der Waals surface area contributed by atoms with Gasteiger partial charge in [-0.15, -0.1) is 63.6 Å². The first-order valence-electron chi connectivity index (χ1n) is 17.3. The summed E-state index contributed by atoms with van der Waals surface area (Å²) in [4.78, 5) is 5.23. The van der Waals surface area contributed by atoms with E-state index in [-0.39, 0.29) is 0 Å². The Morgan fingerprint density at radius 2 is 0.894 bits per heavy atom. The molecule has 0 spiro atoms. The Bertz CT molecular complexity index is 2040. The molecule has 5 heterocycles. The molecule has 7 aromatic rings. The molecule has 3 nitrogen and oxygen atoms in total. The van der Waals surface area contributed by atoms with E-state index in [1.54, 1.807) is 0 Å². The van der Waals surface area contributed by atoms with Crippen LogP contribution in [0, 0.1) is 0 Å². The predicted octanol–water partition coefficient (Wildman–Crippen LogP) is 11.3. The minimum atomic E-state index is -0.582. The number of unbranched alkanes of at least 4 members (excludes halogenated alkanes) is 1. The number of hydrogen-bond donors (Lipinski definition) is 0. The van der Waals surface area contributed by atoms with Gasteiger partial charge in [0.15, 0.2) is 0 Å². The Morgan fingerprint density at radius 3 is 1.26 bits per heavy atom. The van der Waals surface area contributed by atoms with Crippen LogP contribution in [0.4, 0.5) is 0 Å². The van der Waals surface area contributed by atoms with E-state index in [0.29, 0.717) is 0 Å². The van der Waals surface area contributed by atoms with Crippen LogP contribution >= 0.6 is 22.7 Å². The molecule has 5 aromatic heterocycles. The number of hydrogen-bond acceptors (Lipinski definition) is 2. The van der Waals surface area contributed by atoms with Gasteiger partial charge in [-0.2, -0.15) is 0 Å². The van der Waals surface area contributed by atoms with Crippen molar-refractivity contribution in [2.24, 2.45) is 0 Å². The van der Waals surface area contributed by atoms with Gasteiger partial charge in [-0.1, -0.05) is 25.5 Å². The van der Waals surface area contributed by atoms with E-state index in [0.717, 1.165) is 6.54 Å². The molecule has 0 radical (unpaired) electrons. The van der Waals surface area contributed by atoms with Gasteiger partial charge < -0.3 is 13.5 Å². The molecule has 0 aliphatic rings. The Labute approximate surface area is 288 Å². The van der Waals surface area contributed by atoms with Crippen molar-refractivity contribution in [2.75, 3.05) is 0 Å². The number of fused-ring (bicyclic) bond motifs is 3. The Morgan fingerprint density at radius 1 is 0.511 bits per heavy atom. The molecule has 0 amide bonds. The van der Waals surface area contributed by atoms with Crippen LogP contribution in [0.3, 0.4) is 0 Å². The number of benzene rings is 2. The Hall–Kier alpha value is -3.93. The van der Waals surface area contributed by atoms with Crippen LogP contribution in [0.25, 0.3) is 63.6 Å². The summed E-state index contributed by atoms with van der Waals surface area (Å²) >= 11 is 3.76. The molecular weight excluding hydrogens is 608 g/mol. The average Bonchev–Trinajstić information content (AvgIpc) is 3.81. The Balaban J connectivity index is 1.25. The normalized spacial score (nSPS) is 12.4. The molecule has 0 N–H and O–H groups in total. The van der Waals surface area contributed by atoms with Gasteiger partial charge in [0, 0.05) is 83.3 Å². The highest BCUT2D eigenvalue weighted by atomic mass is 32.1. The van der Waals surface area contributed by atoms with Crippen molar-refractivity contribution < 1.29 is 8.96 Å². The highest BCUT2D eigenvalue weighted by molar-refractivity contribution is 7.19. The van der Waals surface area contributed by atoms with Gasteiger partial charge in [0.05, 0.1) is 0 Å². The molecule has 0 saturated heterocycles. The number of aryl methyl sites for hydroxylation is 1. The summed E-state index contributed by atoms with van der Waals surface area (Å²) in [6.45, 7) is 17.1. The molecular formula is C40H45B2N3S2. The topological polar surface area (TPSA) is 12.7 Å². The molecule has 2 aromatic carbocycles. The van der Waals surface area contributed by atoms with E-state index in [1.165, 1.54) is 76.4 Å². The van der Waals surface area contributed by atoms with Gasteiger partial charge in [0.1, 0.15) is 24.8 Å². The first-order valence-corrected chi connectivity index (χ1v) is 19.0. The minimum Gasteiger partial charge on any atom is -0.427 e. The lowest BCUT2D eigenvalue weighted by atomic mass is 9.41. The molecule has 0 unspecified atom stereocenters. The van der Waals surface area contributed by atoms with Crippen LogP contribution in [0.1, 0.15) is 19.8 Å². The van der Waals surface area contributed by atoms with Gasteiger partial charge in [-0.05, 0) is 66.1 Å². The van der Waals surface area contributed by atoms with Gasteiger partial charge in [-0.3, -0.25) is 0 Å². The minimum absolute atomic E-state index is 0.582. The lowest BCUT2D eigenvalue weighted by Gasteiger charge is -2.18. The lowest BCUT2D eigenvalue weighted by molar-refractivity contribution is -0.545. The third kappa shape index (κ3) is 6.24. The summed E-state index contributed by atoms with van der Waals surface area (Å²) in [5.41, 5.74) is 7.78. The zero-order valence-electron chi connectivity index (χ0n) is 28.8. The maximum absolute atomic E-state index is 2.54. The van der Waals surface area contributed by atoms with Crippen molar-refractivity contribution in [3.8, 4) is 41.8 Å². The third-order valence-corrected chi connectivity index (χ3v) is 11.8. The van der Waals surface area contributed by atoms with Gasteiger partial charge >= 0.3 is 0 Å². The number of aromatic nitrogens is 3. The van der Waals surface area contributed by atoms with Gasteiger partial charge in [0.25, 0.3) is 12.6 Å². The fraction of sp³-hybridized carbons (Fsp3) is 0.250. The molecule has 0 aliphatic carbocycles. The summed E-state index contributed by atoms with van der Waals surface area (Å²) in [5.74, 6) is 0. The van der Waals surface area contributed by atoms with Gasteiger partial charge in [0.2, 0.25) is 0 Å². The maximum Gasteiger partial charge on any atom is 0.269 e. The average molecular weight is 654 g/mol. The van der Waals surface area contributed by atoms with Crippen molar-refractivity contribution in [1.29, 1.82) is 0 Å². The van der Waals surface area contributed by atoms with Crippen molar-refractivity contribution >= 4 is 57.0 Å². The zero-order valence-corrected chi connectivity index (χ0v) is 30.5. The lowest BCUT2D eigenvalue weighted by Crippen LogP contribution is -2.57. The molecule has 0 saturated carbocycles. The zero-order chi connectivity index (χ0) is 32.9. The highest BCUT2D eigenvalue weighted by Gasteiger charge is 2.20. The SMILES string of the molecule is CCCCn1c2ccc(-c3ccc(-c4cc[n+]([B-](C)(C)C)cc4)s3)cc2c2cc(-c3ccc(-c4cc[n+]([B-](C)(C)C)cc4)s3)ccc21. The number of rotatable bonds is 9. The summed E-state index contributed by atoms with van der Waals surface area (Å²) in [6.07, 6.45) is 10.1. The van der Waals surface area contributed by atoms with Crippen LogP contribution in [-0.2, 0) is 6.54 Å². The first-order chi connectivity index (χ1) is 22.5. The van der Waals surface area contributed by atoms with E-state index >= 15 is 0 Å². The Kier molecular flexibility index (Phi) is 8.26. The quantitative estimate of drug-likeness (QED) is 0.138. The number of pyridine rings is 2. The van der Waals surface area contributed by atoms with E-state index in [9.17, 15) is 0 Å². The highest BCUT2D eigenvalue weighted by Crippen LogP contribution is 2.40. The predicted molar refractivity (Wildman–Crippen MR) is 210 cm³/mol. The second-order valence-corrected chi connectivity index (χ2v) is 17.5. The van der Waals surface area contributed by atoms with E-state index < -0.39 is 12.6 Å². The van der Waals surface area contributed by atoms with Gasteiger partial charge in [-0.25, -0.2) is 0 Å². The largest absolute Gasteiger partial charge is 0.427 e. The molecule has 0 aliphatic heterocycles. The summed E-state index contributed by atoms with van der Waals surface area (Å²) in [7, 11) is 0. The number of nitrogens with zero attached hydrogens (tertiary/aromatic N) is 3. The standard InChI is InChI=1S/C40H45B2N3S2/c1-8-9-22-45-35-12-10-31(39-16-14-37(46-39)29-18-23-43(24-19-29)41(2,3)4)27-33(35)34-28-32(11-13-36(34)45)40-17-15-38(47-40)30-20-25-44(26-21-30)42(5,6)7/h10-21,23-28H,8-9,22H2,1-7H3. The third-order valence-electron chi connectivity index (χ3n) is 9.44. The van der Waals surface area contributed by atoms with Crippen LogP contribution in [0.15, 0.2) is 110 Å². The fourth-order valence-corrected chi connectivity index (χ4v) is 8.52. The molecule has 238 valence electrons. The van der Waals surface area contributed by atoms with Crippen LogP contribution in [-0.4, -0.2) is 17.1 Å². The van der Waals surface area contributed by atoms with Crippen molar-refractivity contribution in [1.82, 2.24) is 4.57 Å². The van der Waals surface area contributed by atoms with Crippen LogP contribution < -0.4 is 8.96 Å². The fourth-order valence-electron chi connectivity index (χ4n) is 6.50. The van der Waals surface area contributed by atoms with Crippen molar-refractivity contribution in [2.45, 2.75) is 67.2 Å². The smallest absolute Gasteiger partial charge is 0.269 e. The molecule has 47 heavy (non-hydrogen) atoms. The summed E-state index contributed by atoms with van der Waals surface area (Å²) in [5, 5.41) is 2.68. The summed E-state index contributed by atoms with van der Waals surface area (Å²) < 4.78 is 7.19. The van der Waals surface area contributed by atoms with Crippen molar-refractivity contribution in [3.63, 3.8) is 0 Å². The first kappa shape index (κ1) is 31.7. The van der Waals surface area contributed by atoms with Crippen LogP contribution in [0.2, 0.25) is 40.9 Å². The van der Waals surface area contributed by atoms with Crippen LogP contribution in [0.5, 0.6) is 0 Å². The monoisotopic (exact) mass is 653 g/mol. The van der Waals surface area contributed by atoms with Crippen molar-refractivity contribution in [3.05, 3.63) is 110 Å². The molecule has 0 bridgehead atoms. The second-order valence-electron chi connectivity index (χ2n) is 15.4. The van der Waals surface area contributed by atoms with E-state index in [4.69, 9.17) is 0 Å². The maximum atomic E-state index is 2.54.